The zero-order chi connectivity index (χ0) is 55.2. The second kappa shape index (κ2) is 27.5. The largest absolute Gasteiger partial charge is 0.494 e. The number of carbonyl (C=O) groups is 2. The van der Waals surface area contributed by atoms with Crippen molar-refractivity contribution in [3.05, 3.63) is 148 Å². The van der Waals surface area contributed by atoms with E-state index < -0.39 is 5.97 Å². The number of aliphatic carboxylic acids is 1. The number of rotatable bonds is 33. The normalized spacial score (nSPS) is 16.2. The molecule has 5 unspecified atom stereocenters. The number of benzene rings is 5. The quantitative estimate of drug-likeness (QED) is 0.0392. The van der Waals surface area contributed by atoms with Crippen LogP contribution in [0.15, 0.2) is 103 Å². The number of amides is 1. The van der Waals surface area contributed by atoms with E-state index in [0.717, 1.165) is 89.2 Å². The van der Waals surface area contributed by atoms with Crippen molar-refractivity contribution in [1.82, 2.24) is 5.32 Å². The van der Waals surface area contributed by atoms with Crippen LogP contribution < -0.4 is 10.1 Å². The Morgan fingerprint density at radius 3 is 1.81 bits per heavy atom. The topological polar surface area (TPSA) is 113 Å². The molecule has 416 valence electrons. The minimum absolute atomic E-state index is 0.00280. The number of methoxy groups -OCH3 is 2. The van der Waals surface area contributed by atoms with Crippen molar-refractivity contribution < 1.29 is 38.4 Å². The van der Waals surface area contributed by atoms with Gasteiger partial charge in [-0.2, -0.15) is 0 Å². The third-order valence-corrected chi connectivity index (χ3v) is 17.3. The van der Waals surface area contributed by atoms with E-state index in [-0.39, 0.29) is 59.4 Å². The van der Waals surface area contributed by atoms with Crippen LogP contribution in [0, 0.1) is 0 Å². The van der Waals surface area contributed by atoms with Crippen molar-refractivity contribution in [2.45, 2.75) is 192 Å². The summed E-state index contributed by atoms with van der Waals surface area (Å²) in [4.78, 5) is 22.7. The lowest BCUT2D eigenvalue weighted by molar-refractivity contribution is -0.138. The molecule has 0 saturated heterocycles. The summed E-state index contributed by atoms with van der Waals surface area (Å²) in [5, 5.41) is 11.7. The number of hydrogen-bond acceptors (Lipinski definition) is 7. The third-order valence-electron chi connectivity index (χ3n) is 17.3. The first-order valence-electron chi connectivity index (χ1n) is 29.1. The van der Waals surface area contributed by atoms with Crippen LogP contribution >= 0.6 is 0 Å². The number of carboxylic acid groups (broad SMARTS) is 1. The van der Waals surface area contributed by atoms with E-state index in [0.29, 0.717) is 26.4 Å². The van der Waals surface area contributed by atoms with Crippen LogP contribution in [0.3, 0.4) is 0 Å². The summed E-state index contributed by atoms with van der Waals surface area (Å²) in [7, 11) is 3.58. The summed E-state index contributed by atoms with van der Waals surface area (Å²) in [6.45, 7) is 20.7. The van der Waals surface area contributed by atoms with Gasteiger partial charge in [-0.1, -0.05) is 133 Å². The molecule has 0 heterocycles. The molecule has 0 saturated carbocycles. The van der Waals surface area contributed by atoms with Crippen molar-refractivity contribution in [3.8, 4) is 28.0 Å². The zero-order valence-corrected chi connectivity index (χ0v) is 48.4. The van der Waals surface area contributed by atoms with Crippen molar-refractivity contribution in [3.63, 3.8) is 0 Å². The first kappa shape index (κ1) is 59.3. The highest BCUT2D eigenvalue weighted by Gasteiger charge is 2.44. The highest BCUT2D eigenvalue weighted by atomic mass is 16.5. The Balaban J connectivity index is 1.20. The van der Waals surface area contributed by atoms with E-state index >= 15 is 0 Å². The van der Waals surface area contributed by atoms with E-state index in [9.17, 15) is 9.59 Å². The van der Waals surface area contributed by atoms with Gasteiger partial charge in [0.2, 0.25) is 5.91 Å². The summed E-state index contributed by atoms with van der Waals surface area (Å²) in [6.07, 6.45) is 12.8. The molecule has 2 aliphatic rings. The molecule has 2 N–H and O–H groups in total. The van der Waals surface area contributed by atoms with Crippen LogP contribution in [0.2, 0.25) is 0 Å². The molecule has 5 aromatic rings. The summed E-state index contributed by atoms with van der Waals surface area (Å²) in [5.41, 5.74) is 15.5. The number of unbranched alkanes of at least 4 members (excludes halogenated alkanes) is 1. The Morgan fingerprint density at radius 2 is 1.17 bits per heavy atom. The van der Waals surface area contributed by atoms with E-state index in [4.69, 9.17) is 28.8 Å². The lowest BCUT2D eigenvalue weighted by Crippen LogP contribution is -2.29. The summed E-state index contributed by atoms with van der Waals surface area (Å²) < 4.78 is 30.5. The number of fused-ring (bicyclic) bond motifs is 6. The molecule has 9 nitrogen and oxygen atoms in total. The van der Waals surface area contributed by atoms with E-state index in [2.05, 4.69) is 164 Å². The van der Waals surface area contributed by atoms with Crippen LogP contribution in [-0.4, -0.2) is 82.0 Å². The molecular weight excluding hydrogens is 959 g/mol. The molecule has 0 bridgehead atoms. The fraction of sp³-hybridized carbons (Fsp3) is 0.529. The molecule has 0 fully saturated rings. The van der Waals surface area contributed by atoms with Gasteiger partial charge < -0.3 is 34.1 Å². The number of ether oxygens (including phenoxy) is 5. The van der Waals surface area contributed by atoms with Gasteiger partial charge in [-0.25, -0.2) is 0 Å². The molecule has 2 aliphatic carbocycles. The molecule has 9 heteroatoms. The van der Waals surface area contributed by atoms with E-state index in [1.54, 1.807) is 14.2 Å². The Hall–Kier alpha value is -5.32. The van der Waals surface area contributed by atoms with Crippen LogP contribution in [-0.2, 0) is 51.2 Å². The zero-order valence-electron chi connectivity index (χ0n) is 48.4. The number of nitrogens with one attached hydrogen (secondary N) is 1. The van der Waals surface area contributed by atoms with Gasteiger partial charge in [0.25, 0.3) is 0 Å². The monoisotopic (exact) mass is 1050 g/mol. The van der Waals surface area contributed by atoms with Crippen LogP contribution in [0.5, 0.6) is 5.75 Å². The number of carbonyl (C=O) groups excluding carboxylic acids is 1. The summed E-state index contributed by atoms with van der Waals surface area (Å²) in [5.74, 6) is -0.390. The summed E-state index contributed by atoms with van der Waals surface area (Å²) >= 11 is 0. The van der Waals surface area contributed by atoms with Gasteiger partial charge in [-0.3, -0.25) is 9.59 Å². The predicted octanol–water partition coefficient (Wildman–Crippen LogP) is 15.1. The summed E-state index contributed by atoms with van der Waals surface area (Å²) in [6, 6.07) is 39.4. The molecule has 7 rings (SSSR count). The first-order valence-corrected chi connectivity index (χ1v) is 29.1. The van der Waals surface area contributed by atoms with Crippen LogP contribution in [0.1, 0.15) is 190 Å². The molecule has 77 heavy (non-hydrogen) atoms. The predicted molar refractivity (Wildman–Crippen MR) is 313 cm³/mol. The fourth-order valence-corrected chi connectivity index (χ4v) is 11.9. The van der Waals surface area contributed by atoms with Gasteiger partial charge in [0.05, 0.1) is 37.4 Å². The maximum atomic E-state index is 11.9. The van der Waals surface area contributed by atoms with Gasteiger partial charge in [0, 0.05) is 56.6 Å². The Kier molecular flexibility index (Phi) is 21.2. The van der Waals surface area contributed by atoms with Gasteiger partial charge in [-0.05, 0) is 176 Å². The standard InChI is InChI=1S/C68H91NO8/c1-11-55(74-10)36-42-77-56(12-2)21-18-38-68(37-17-19-48(4)75-41-35-47(3)73-9)62-45-53(66(5,6)51-23-28-57(29-24-51)76-40-16-15-39-69-64(70)33-34-65(71)72)26-31-60(62)61-32-27-54(46-63(61)68)67(7,8)52-25-30-59-50(44-52)43-49-20-13-14-22-58(49)59/h13-14,20,22-32,44-48,55-56H,11-12,15-19,21,33-43H2,1-10H3,(H,69,70)(H,71,72). The third kappa shape index (κ3) is 14.7. The number of hydrogen-bond donors (Lipinski definition) is 2. The molecular formula is C68H91NO8. The maximum absolute atomic E-state index is 11.9. The molecule has 0 radical (unpaired) electrons. The average Bonchev–Trinajstić information content (AvgIpc) is 3.95. The SMILES string of the molecule is CCC(CCOC(CC)CCCC1(CCCC(C)OCCC(C)OC)c2cc(C(C)(C)c3ccc(OCCCCNC(=O)CCC(=O)O)cc3)ccc2-c2ccc(C(C)(C)c3ccc4c(c3)Cc3ccccc3-4)cc21)OC. The Bertz CT molecular complexity index is 2700. The Morgan fingerprint density at radius 1 is 0.584 bits per heavy atom. The fourth-order valence-electron chi connectivity index (χ4n) is 11.9. The number of carboxylic acids is 1. The van der Waals surface area contributed by atoms with Crippen molar-refractivity contribution in [2.75, 3.05) is 40.6 Å². The average molecular weight is 1050 g/mol. The van der Waals surface area contributed by atoms with Crippen LogP contribution in [0.4, 0.5) is 0 Å². The van der Waals surface area contributed by atoms with Gasteiger partial charge in [-0.15, -0.1) is 0 Å². The highest BCUT2D eigenvalue weighted by molar-refractivity contribution is 5.83. The lowest BCUT2D eigenvalue weighted by atomic mass is 9.68. The minimum Gasteiger partial charge on any atom is -0.494 e. The molecule has 1 amide bonds. The smallest absolute Gasteiger partial charge is 0.303 e. The van der Waals surface area contributed by atoms with Gasteiger partial charge in [0.1, 0.15) is 5.75 Å². The highest BCUT2D eigenvalue weighted by Crippen LogP contribution is 2.56. The molecule has 0 spiro atoms. The van der Waals surface area contributed by atoms with E-state index in [1.807, 2.05) is 0 Å². The first-order chi connectivity index (χ1) is 37.0. The lowest BCUT2D eigenvalue weighted by Gasteiger charge is -2.36. The second-order valence-electron chi connectivity index (χ2n) is 23.1. The van der Waals surface area contributed by atoms with Crippen molar-refractivity contribution in [1.29, 1.82) is 0 Å². The molecule has 0 aliphatic heterocycles. The maximum Gasteiger partial charge on any atom is 0.303 e. The van der Waals surface area contributed by atoms with Crippen molar-refractivity contribution >= 4 is 11.9 Å². The molecule has 0 aromatic heterocycles. The van der Waals surface area contributed by atoms with Crippen LogP contribution in [0.25, 0.3) is 22.3 Å². The van der Waals surface area contributed by atoms with Gasteiger partial charge in [0.15, 0.2) is 0 Å². The van der Waals surface area contributed by atoms with Crippen molar-refractivity contribution in [2.24, 2.45) is 0 Å². The van der Waals surface area contributed by atoms with E-state index in [1.165, 1.54) is 66.8 Å². The Labute approximate surface area is 462 Å². The molecule has 5 atom stereocenters. The minimum atomic E-state index is -0.967. The molecule has 5 aromatic carbocycles. The second-order valence-corrected chi connectivity index (χ2v) is 23.1. The van der Waals surface area contributed by atoms with Gasteiger partial charge >= 0.3 is 5.97 Å².